The second-order valence-electron chi connectivity index (χ2n) is 20.0. The molecule has 14 rings (SSSR count). The molecule has 0 saturated carbocycles. The number of thiophene rings is 6. The van der Waals surface area contributed by atoms with Crippen LogP contribution in [0.1, 0.15) is 22.3 Å². The van der Waals surface area contributed by atoms with Crippen LogP contribution in [-0.4, -0.2) is 0 Å². The van der Waals surface area contributed by atoms with Gasteiger partial charge in [0.15, 0.2) is 0 Å². The van der Waals surface area contributed by atoms with Crippen LogP contribution in [0.2, 0.25) is 0 Å². The smallest absolute Gasteiger partial charge is 0.0991 e. The monoisotopic (exact) mass is 1200 g/mol. The van der Waals surface area contributed by atoms with E-state index in [-0.39, 0.29) is 0 Å². The van der Waals surface area contributed by atoms with Gasteiger partial charge in [-0.25, -0.2) is 0 Å². The summed E-state index contributed by atoms with van der Waals surface area (Å²) in [4.78, 5) is 15.2. The Labute approximate surface area is 523 Å². The Morgan fingerprint density at radius 3 is 0.407 bits per heavy atom. The van der Waals surface area contributed by atoms with Crippen LogP contribution in [-0.2, 0) is 0 Å². The van der Waals surface area contributed by atoms with Gasteiger partial charge in [0.2, 0.25) is 0 Å². The fourth-order valence-electron chi connectivity index (χ4n) is 9.96. The molecule has 14 aromatic rings. The van der Waals surface area contributed by atoms with E-state index in [9.17, 15) is 0 Å². The van der Waals surface area contributed by atoms with E-state index < -0.39 is 0 Å². The minimum Gasteiger partial charge on any atom is -0.192 e. The third-order valence-corrected chi connectivity index (χ3v) is 22.2. The first-order valence-corrected chi connectivity index (χ1v) is 32.3. The van der Waals surface area contributed by atoms with Gasteiger partial charge in [-0.3, -0.25) is 0 Å². The molecule has 0 atom stereocenters. The number of nitrogens with zero attached hydrogens (tertiary/aromatic N) is 4. The minimum atomic E-state index is 0.675. The molecular weight excluding hydrogens is 1160 g/mol. The van der Waals surface area contributed by atoms with Gasteiger partial charge in [0, 0.05) is 58.5 Å². The summed E-state index contributed by atoms with van der Waals surface area (Å²) < 4.78 is 0. The summed E-state index contributed by atoms with van der Waals surface area (Å²) in [6, 6.07) is 101. The van der Waals surface area contributed by atoms with Gasteiger partial charge in [-0.2, -0.15) is 21.0 Å². The van der Waals surface area contributed by atoms with Gasteiger partial charge in [-0.05, 0) is 188 Å². The molecule has 6 heterocycles. The van der Waals surface area contributed by atoms with Crippen molar-refractivity contribution in [3.8, 4) is 150 Å². The lowest BCUT2D eigenvalue weighted by Crippen LogP contribution is -1.79. The fraction of sp³-hybridized carbons (Fsp3) is 0. The maximum Gasteiger partial charge on any atom is 0.0991 e. The highest BCUT2D eigenvalue weighted by molar-refractivity contribution is 7.28. The Morgan fingerprint density at radius 1 is 0.140 bits per heavy atom. The zero-order valence-corrected chi connectivity index (χ0v) is 50.5. The van der Waals surface area contributed by atoms with E-state index in [2.05, 4.69) is 194 Å². The van der Waals surface area contributed by atoms with Crippen LogP contribution in [0.5, 0.6) is 0 Å². The lowest BCUT2D eigenvalue weighted by atomic mass is 10.0. The Kier molecular flexibility index (Phi) is 16.0. The summed E-state index contributed by atoms with van der Waals surface area (Å²) in [5, 5.41) is 36.2. The van der Waals surface area contributed by atoms with Gasteiger partial charge in [0.1, 0.15) is 0 Å². The van der Waals surface area contributed by atoms with Gasteiger partial charge in [0.25, 0.3) is 0 Å². The predicted octanol–water partition coefficient (Wildman–Crippen LogP) is 23.2. The molecule has 0 fully saturated rings. The largest absolute Gasteiger partial charge is 0.192 e. The molecule has 0 bridgehead atoms. The highest BCUT2D eigenvalue weighted by Gasteiger charge is 2.15. The van der Waals surface area contributed by atoms with Gasteiger partial charge in [-0.15, -0.1) is 68.0 Å². The topological polar surface area (TPSA) is 95.2 Å². The van der Waals surface area contributed by atoms with Crippen molar-refractivity contribution in [2.75, 3.05) is 0 Å². The summed E-state index contributed by atoms with van der Waals surface area (Å²) >= 11 is 11.0. The zero-order chi connectivity index (χ0) is 58.3. The van der Waals surface area contributed by atoms with Gasteiger partial charge in [0.05, 0.1) is 46.5 Å². The van der Waals surface area contributed by atoms with Crippen LogP contribution in [0.4, 0.5) is 0 Å². The Hall–Kier alpha value is -10.1. The second-order valence-corrected chi connectivity index (χ2v) is 26.6. The first-order valence-electron chi connectivity index (χ1n) is 27.4. The van der Waals surface area contributed by atoms with Gasteiger partial charge >= 0.3 is 0 Å². The highest BCUT2D eigenvalue weighted by Crippen LogP contribution is 2.46. The van der Waals surface area contributed by atoms with Crippen LogP contribution in [0.3, 0.4) is 0 Å². The standard InChI is InChI=1S/2C38H22N2S3/c2*39-23-25-1-5-27(6-2-25)29-9-13-31(14-10-29)33-17-19-35(41-33)37-21-22-38(43-37)36-20-18-34(42-36)32-15-11-30(12-16-32)28-7-3-26(24-40)4-8-28/h2*1-22H. The van der Waals surface area contributed by atoms with E-state index in [1.165, 1.54) is 80.8 Å². The molecule has 0 aliphatic rings. The van der Waals surface area contributed by atoms with Crippen molar-refractivity contribution in [1.29, 1.82) is 21.0 Å². The summed E-state index contributed by atoms with van der Waals surface area (Å²) in [5.74, 6) is 0. The molecule has 0 amide bonds. The summed E-state index contributed by atoms with van der Waals surface area (Å²) in [6.45, 7) is 0. The summed E-state index contributed by atoms with van der Waals surface area (Å²) in [5.41, 5.74) is 16.6. The molecule has 0 N–H and O–H groups in total. The molecule has 4 nitrogen and oxygen atoms in total. The van der Waals surface area contributed by atoms with E-state index >= 15 is 0 Å². The van der Waals surface area contributed by atoms with Gasteiger partial charge < -0.3 is 0 Å². The summed E-state index contributed by atoms with van der Waals surface area (Å²) in [6.07, 6.45) is 0. The highest BCUT2D eigenvalue weighted by atomic mass is 32.1. The predicted molar refractivity (Wildman–Crippen MR) is 364 cm³/mol. The van der Waals surface area contributed by atoms with E-state index in [0.29, 0.717) is 22.3 Å². The van der Waals surface area contributed by atoms with E-state index in [1.54, 1.807) is 0 Å². The number of rotatable bonds is 12. The lowest BCUT2D eigenvalue weighted by Gasteiger charge is -2.03. The van der Waals surface area contributed by atoms with Crippen molar-refractivity contribution in [3.05, 3.63) is 289 Å². The first kappa shape index (κ1) is 55.1. The van der Waals surface area contributed by atoms with Crippen LogP contribution in [0, 0.1) is 45.3 Å². The van der Waals surface area contributed by atoms with Crippen molar-refractivity contribution in [2.24, 2.45) is 0 Å². The second kappa shape index (κ2) is 25.0. The molecule has 0 saturated heterocycles. The molecule has 404 valence electrons. The molecule has 86 heavy (non-hydrogen) atoms. The van der Waals surface area contributed by atoms with Crippen molar-refractivity contribution in [2.45, 2.75) is 0 Å². The Morgan fingerprint density at radius 2 is 0.256 bits per heavy atom. The van der Waals surface area contributed by atoms with Crippen LogP contribution < -0.4 is 0 Å². The molecule has 8 aromatic carbocycles. The SMILES string of the molecule is N#Cc1ccc(-c2ccc(-c3ccc(-c4ccc(-c5ccc(-c6ccc(-c7ccc(C#N)cc7)cc6)s5)s4)s3)cc2)cc1.N#Cc1ccc(-c2ccc(-c3ccc(-c4ccc(-c5ccc(-c6ccc(-c7ccc(C#N)cc7)cc6)s5)s4)s3)cc2)cc1. The fourth-order valence-corrected chi connectivity index (χ4v) is 16.4. The molecule has 0 unspecified atom stereocenters. The molecular formula is C76H44N4S6. The molecule has 6 aromatic heterocycles. The van der Waals surface area contributed by atoms with E-state index in [0.717, 1.165) is 44.5 Å². The number of nitriles is 4. The molecule has 10 heteroatoms. The number of benzene rings is 8. The number of hydrogen-bond donors (Lipinski definition) is 0. The van der Waals surface area contributed by atoms with E-state index in [4.69, 9.17) is 21.0 Å². The average molecular weight is 1210 g/mol. The minimum absolute atomic E-state index is 0.675. The van der Waals surface area contributed by atoms with Gasteiger partial charge in [-0.1, -0.05) is 146 Å². The van der Waals surface area contributed by atoms with Crippen molar-refractivity contribution in [1.82, 2.24) is 0 Å². The number of hydrogen-bond acceptors (Lipinski definition) is 10. The van der Waals surface area contributed by atoms with Crippen molar-refractivity contribution >= 4 is 68.0 Å². The van der Waals surface area contributed by atoms with Crippen LogP contribution in [0.25, 0.3) is 125 Å². The van der Waals surface area contributed by atoms with E-state index in [1.807, 2.05) is 165 Å². The van der Waals surface area contributed by atoms with Crippen LogP contribution in [0.15, 0.2) is 267 Å². The third kappa shape index (κ3) is 12.1. The third-order valence-electron chi connectivity index (χ3n) is 14.7. The van der Waals surface area contributed by atoms with Crippen molar-refractivity contribution < 1.29 is 0 Å². The Balaban J connectivity index is 0.000000160. The first-order chi connectivity index (χ1) is 42.3. The Bertz CT molecular complexity index is 4230. The lowest BCUT2D eigenvalue weighted by molar-refractivity contribution is 1.48. The molecule has 0 aliphatic heterocycles. The van der Waals surface area contributed by atoms with Crippen molar-refractivity contribution in [3.63, 3.8) is 0 Å². The van der Waals surface area contributed by atoms with Crippen LogP contribution >= 0.6 is 68.0 Å². The quantitative estimate of drug-likeness (QED) is 0.122. The summed E-state index contributed by atoms with van der Waals surface area (Å²) in [7, 11) is 0. The normalized spacial score (nSPS) is 10.7. The molecule has 0 radical (unpaired) electrons. The maximum atomic E-state index is 9.04. The maximum absolute atomic E-state index is 9.04. The average Bonchev–Trinajstić information content (AvgIpc) is 4.62. The molecule has 0 spiro atoms. The zero-order valence-electron chi connectivity index (χ0n) is 45.6. The molecule has 0 aliphatic carbocycles.